The van der Waals surface area contributed by atoms with E-state index < -0.39 is 0 Å². The van der Waals surface area contributed by atoms with Crippen LogP contribution in [0.5, 0.6) is 0 Å². The molecule has 0 N–H and O–H groups in total. The number of hydrogen-bond acceptors (Lipinski definition) is 3. The molecule has 0 spiro atoms. The predicted octanol–water partition coefficient (Wildman–Crippen LogP) is 2.20. The highest BCUT2D eigenvalue weighted by molar-refractivity contribution is 14.1. The van der Waals surface area contributed by atoms with Crippen molar-refractivity contribution in [2.75, 3.05) is 0 Å². The lowest BCUT2D eigenvalue weighted by Crippen LogP contribution is -1.93. The van der Waals surface area contributed by atoms with Gasteiger partial charge >= 0.3 is 0 Å². The Bertz CT molecular complexity index is 222. The van der Waals surface area contributed by atoms with Gasteiger partial charge in [0, 0.05) is 6.42 Å². The zero-order chi connectivity index (χ0) is 8.27. The summed E-state index contributed by atoms with van der Waals surface area (Å²) in [6.07, 6.45) is 0.879. The summed E-state index contributed by atoms with van der Waals surface area (Å²) in [5.74, 6) is 2.13. The minimum atomic E-state index is 0.581. The van der Waals surface area contributed by atoms with Gasteiger partial charge in [0.25, 0.3) is 0 Å². The van der Waals surface area contributed by atoms with E-state index in [1.165, 1.54) is 0 Å². The Kier molecular flexibility index (Phi) is 3.29. The highest BCUT2D eigenvalue weighted by atomic mass is 127. The monoisotopic (exact) mass is 266 g/mol. The molecule has 1 aromatic rings. The standard InChI is InChI=1S/C7H11IN2O/c1-5(2)3-7-9-6(4-8)10-11-7/h5H,3-4H2,1-2H3. The summed E-state index contributed by atoms with van der Waals surface area (Å²) in [5, 5.41) is 3.79. The molecule has 0 fully saturated rings. The summed E-state index contributed by atoms with van der Waals surface area (Å²) in [5.41, 5.74) is 0. The van der Waals surface area contributed by atoms with Crippen molar-refractivity contribution in [3.8, 4) is 0 Å². The van der Waals surface area contributed by atoms with Crippen LogP contribution >= 0.6 is 22.6 Å². The van der Waals surface area contributed by atoms with Crippen molar-refractivity contribution < 1.29 is 4.52 Å². The molecule has 62 valence electrons. The van der Waals surface area contributed by atoms with Crippen LogP contribution in [-0.2, 0) is 10.8 Å². The summed E-state index contributed by atoms with van der Waals surface area (Å²) in [6, 6.07) is 0. The molecule has 0 aliphatic carbocycles. The zero-order valence-corrected chi connectivity index (χ0v) is 8.83. The fourth-order valence-electron chi connectivity index (χ4n) is 0.777. The second-order valence-electron chi connectivity index (χ2n) is 2.84. The van der Waals surface area contributed by atoms with Crippen LogP contribution < -0.4 is 0 Å². The number of hydrogen-bond donors (Lipinski definition) is 0. The lowest BCUT2D eigenvalue weighted by Gasteiger charge is -1.95. The molecule has 0 bridgehead atoms. The van der Waals surface area contributed by atoms with Gasteiger partial charge in [-0.2, -0.15) is 4.98 Å². The van der Waals surface area contributed by atoms with Gasteiger partial charge in [-0.1, -0.05) is 41.6 Å². The molecule has 0 aromatic carbocycles. The van der Waals surface area contributed by atoms with E-state index >= 15 is 0 Å². The minimum absolute atomic E-state index is 0.581. The molecule has 0 aliphatic rings. The van der Waals surface area contributed by atoms with Gasteiger partial charge in [-0.25, -0.2) is 0 Å². The third kappa shape index (κ3) is 2.76. The highest BCUT2D eigenvalue weighted by Gasteiger charge is 2.05. The van der Waals surface area contributed by atoms with Crippen LogP contribution in [0.4, 0.5) is 0 Å². The zero-order valence-electron chi connectivity index (χ0n) is 6.67. The van der Waals surface area contributed by atoms with Crippen molar-refractivity contribution >= 4 is 22.6 Å². The Morgan fingerprint density at radius 3 is 2.73 bits per heavy atom. The minimum Gasteiger partial charge on any atom is -0.339 e. The maximum Gasteiger partial charge on any atom is 0.226 e. The van der Waals surface area contributed by atoms with E-state index in [1.807, 2.05) is 0 Å². The molecule has 3 nitrogen and oxygen atoms in total. The van der Waals surface area contributed by atoms with Gasteiger partial charge in [-0.3, -0.25) is 0 Å². The third-order valence-corrected chi connectivity index (χ3v) is 1.89. The first kappa shape index (κ1) is 8.96. The molecule has 1 heterocycles. The number of halogens is 1. The molecule has 11 heavy (non-hydrogen) atoms. The first-order valence-corrected chi connectivity index (χ1v) is 5.12. The van der Waals surface area contributed by atoms with Crippen LogP contribution in [0.1, 0.15) is 25.6 Å². The molecule has 0 unspecified atom stereocenters. The van der Waals surface area contributed by atoms with Gasteiger partial charge in [0.05, 0.1) is 4.43 Å². The number of alkyl halides is 1. The van der Waals surface area contributed by atoms with E-state index in [9.17, 15) is 0 Å². The smallest absolute Gasteiger partial charge is 0.226 e. The molecule has 0 saturated heterocycles. The van der Waals surface area contributed by atoms with Gasteiger partial charge in [0.2, 0.25) is 5.89 Å². The van der Waals surface area contributed by atoms with Crippen molar-refractivity contribution in [3.05, 3.63) is 11.7 Å². The van der Waals surface area contributed by atoms with Gasteiger partial charge in [0.1, 0.15) is 0 Å². The van der Waals surface area contributed by atoms with Gasteiger partial charge in [-0.05, 0) is 5.92 Å². The average molecular weight is 266 g/mol. The van der Waals surface area contributed by atoms with Gasteiger partial charge < -0.3 is 4.52 Å². The normalized spacial score (nSPS) is 10.9. The van der Waals surface area contributed by atoms with E-state index in [4.69, 9.17) is 4.52 Å². The molecular formula is C7H11IN2O. The van der Waals surface area contributed by atoms with Crippen LogP contribution in [0.25, 0.3) is 0 Å². The molecule has 1 rings (SSSR count). The topological polar surface area (TPSA) is 38.9 Å². The Labute approximate surface area is 79.7 Å². The van der Waals surface area contributed by atoms with E-state index in [-0.39, 0.29) is 0 Å². The van der Waals surface area contributed by atoms with Crippen molar-refractivity contribution in [2.24, 2.45) is 5.92 Å². The summed E-state index contributed by atoms with van der Waals surface area (Å²) < 4.78 is 5.82. The molecular weight excluding hydrogens is 255 g/mol. The van der Waals surface area contributed by atoms with E-state index in [2.05, 4.69) is 46.6 Å². The lowest BCUT2D eigenvalue weighted by molar-refractivity contribution is 0.360. The van der Waals surface area contributed by atoms with E-state index in [1.54, 1.807) is 0 Å². The van der Waals surface area contributed by atoms with Crippen molar-refractivity contribution in [2.45, 2.75) is 24.7 Å². The first-order chi connectivity index (χ1) is 5.22. The van der Waals surface area contributed by atoms with Crippen molar-refractivity contribution in [1.82, 2.24) is 10.1 Å². The van der Waals surface area contributed by atoms with Gasteiger partial charge in [-0.15, -0.1) is 0 Å². The SMILES string of the molecule is CC(C)Cc1nc(CI)no1. The fraction of sp³-hybridized carbons (Fsp3) is 0.714. The Hall–Kier alpha value is -0.130. The molecule has 0 atom stereocenters. The number of aromatic nitrogens is 2. The fourth-order valence-corrected chi connectivity index (χ4v) is 1.09. The lowest BCUT2D eigenvalue weighted by atomic mass is 10.1. The predicted molar refractivity (Wildman–Crippen MR) is 50.6 cm³/mol. The maximum atomic E-state index is 5.00. The maximum absolute atomic E-state index is 5.00. The molecule has 4 heteroatoms. The van der Waals surface area contributed by atoms with E-state index in [0.717, 1.165) is 22.6 Å². The van der Waals surface area contributed by atoms with E-state index in [0.29, 0.717) is 5.92 Å². The average Bonchev–Trinajstić information content (AvgIpc) is 2.34. The second kappa shape index (κ2) is 4.04. The Balaban J connectivity index is 2.58. The highest BCUT2D eigenvalue weighted by Crippen LogP contribution is 2.07. The largest absolute Gasteiger partial charge is 0.339 e. The molecule has 0 amide bonds. The quantitative estimate of drug-likeness (QED) is 0.622. The molecule has 0 radical (unpaired) electrons. The van der Waals surface area contributed by atoms with Crippen molar-refractivity contribution in [1.29, 1.82) is 0 Å². The summed E-state index contributed by atoms with van der Waals surface area (Å²) in [4.78, 5) is 4.18. The van der Waals surface area contributed by atoms with Crippen LogP contribution in [-0.4, -0.2) is 10.1 Å². The molecule has 1 aromatic heterocycles. The Morgan fingerprint density at radius 2 is 2.27 bits per heavy atom. The van der Waals surface area contributed by atoms with Crippen LogP contribution in [0, 0.1) is 5.92 Å². The Morgan fingerprint density at radius 1 is 1.55 bits per heavy atom. The first-order valence-electron chi connectivity index (χ1n) is 3.59. The number of rotatable bonds is 3. The molecule has 0 aliphatic heterocycles. The van der Waals surface area contributed by atoms with Crippen LogP contribution in [0.3, 0.4) is 0 Å². The summed E-state index contributed by atoms with van der Waals surface area (Å²) in [6.45, 7) is 4.27. The third-order valence-electron chi connectivity index (χ3n) is 1.21. The van der Waals surface area contributed by atoms with Gasteiger partial charge in [0.15, 0.2) is 5.82 Å². The second-order valence-corrected chi connectivity index (χ2v) is 3.60. The number of nitrogens with zero attached hydrogens (tertiary/aromatic N) is 2. The summed E-state index contributed by atoms with van der Waals surface area (Å²) >= 11 is 2.22. The molecule has 0 saturated carbocycles. The van der Waals surface area contributed by atoms with Crippen LogP contribution in [0.15, 0.2) is 4.52 Å². The summed E-state index contributed by atoms with van der Waals surface area (Å²) in [7, 11) is 0. The van der Waals surface area contributed by atoms with Crippen LogP contribution in [0.2, 0.25) is 0 Å². The van der Waals surface area contributed by atoms with Crippen molar-refractivity contribution in [3.63, 3.8) is 0 Å².